The molecule has 1 heterocycles. The maximum Gasteiger partial charge on any atom is 0.229 e. The van der Waals surface area contributed by atoms with Crippen molar-refractivity contribution in [2.45, 2.75) is 81.5 Å². The van der Waals surface area contributed by atoms with E-state index >= 15 is 0 Å². The molecule has 0 radical (unpaired) electrons. The van der Waals surface area contributed by atoms with Crippen molar-refractivity contribution in [3.05, 3.63) is 69.7 Å². The van der Waals surface area contributed by atoms with Gasteiger partial charge in [-0.15, -0.1) is 0 Å². The van der Waals surface area contributed by atoms with Gasteiger partial charge in [-0.2, -0.15) is 0 Å². The number of nitrogens with one attached hydrogen (secondary N) is 1. The van der Waals surface area contributed by atoms with Crippen LogP contribution in [0.25, 0.3) is 0 Å². The van der Waals surface area contributed by atoms with Crippen LogP contribution < -0.4 is 5.32 Å². The van der Waals surface area contributed by atoms with Crippen LogP contribution in [0.3, 0.4) is 0 Å². The lowest BCUT2D eigenvalue weighted by Crippen LogP contribution is -2.59. The summed E-state index contributed by atoms with van der Waals surface area (Å²) in [6, 6.07) is 14.4. The van der Waals surface area contributed by atoms with E-state index in [2.05, 4.69) is 27.9 Å². The smallest absolute Gasteiger partial charge is 0.229 e. The summed E-state index contributed by atoms with van der Waals surface area (Å²) in [6.45, 7) is 9.37. The van der Waals surface area contributed by atoms with Gasteiger partial charge in [-0.1, -0.05) is 83.9 Å². The molecule has 0 unspecified atom stereocenters. The van der Waals surface area contributed by atoms with Crippen LogP contribution >= 0.6 is 45.8 Å². The number of rotatable bonds is 8. The van der Waals surface area contributed by atoms with Gasteiger partial charge in [0.05, 0.1) is 27.1 Å². The fourth-order valence-electron chi connectivity index (χ4n) is 5.41. The molecular weight excluding hydrogens is 610 g/mol. The third-order valence-corrected chi connectivity index (χ3v) is 7.67. The predicted octanol–water partition coefficient (Wildman–Crippen LogP) is 6.89. The molecule has 0 spiro atoms. The number of carbonyl (C=O) groups excluding carboxylic acids is 2. The van der Waals surface area contributed by atoms with Crippen LogP contribution in [0.4, 0.5) is 0 Å². The third-order valence-electron chi connectivity index (χ3n) is 6.91. The summed E-state index contributed by atoms with van der Waals surface area (Å²) in [5, 5.41) is 15.0. The summed E-state index contributed by atoms with van der Waals surface area (Å²) in [4.78, 5) is 29.2. The molecule has 196 valence electrons. The zero-order valence-corrected chi connectivity index (χ0v) is 25.1. The molecule has 1 aliphatic rings. The molecule has 2 aromatic rings. The number of hydrogen-bond donors (Lipinski definition) is 2. The Balaban J connectivity index is 2.19. The van der Waals surface area contributed by atoms with Crippen molar-refractivity contribution < 1.29 is 14.7 Å². The van der Waals surface area contributed by atoms with Crippen molar-refractivity contribution in [1.82, 2.24) is 10.2 Å². The average Bonchev–Trinajstić information content (AvgIpc) is 2.76. The van der Waals surface area contributed by atoms with E-state index in [0.717, 1.165) is 11.1 Å². The summed E-state index contributed by atoms with van der Waals surface area (Å²) < 4.78 is -0.438. The number of carbonyl (C=O) groups is 2. The molecule has 0 bridgehead atoms. The van der Waals surface area contributed by atoms with Crippen molar-refractivity contribution in [3.8, 4) is 0 Å². The second-order valence-electron chi connectivity index (χ2n) is 10.5. The van der Waals surface area contributed by atoms with Crippen molar-refractivity contribution in [3.63, 3.8) is 0 Å². The molecule has 1 fully saturated rings. The van der Waals surface area contributed by atoms with Gasteiger partial charge in [0.2, 0.25) is 11.8 Å². The molecule has 2 N–H and O–H groups in total. The number of benzene rings is 2. The van der Waals surface area contributed by atoms with Gasteiger partial charge in [-0.3, -0.25) is 9.59 Å². The molecule has 2 aromatic carbocycles. The lowest BCUT2D eigenvalue weighted by atomic mass is 9.66. The molecular formula is C28H35Cl2IN2O3. The topological polar surface area (TPSA) is 69.6 Å². The Hall–Kier alpha value is -1.35. The number of alkyl halides is 1. The standard InChI is InChI=1S/C28H35Cl2IN2O3/c1-6-23(17(2)34)33-25(18-10-12-20(29)13-11-18)22(19-8-7-9-21(30)14-19)15-28(5,26(33)36)16-24(35)32-27(3,4)31/h7-14,17,22-23,25,34H,6,15-16H2,1-5H3,(H,32,35)/t17-,22+,23-,25+,28+/m0/s1. The van der Waals surface area contributed by atoms with E-state index in [-0.39, 0.29) is 30.2 Å². The Bertz CT molecular complexity index is 1090. The van der Waals surface area contributed by atoms with Gasteiger partial charge in [0.15, 0.2) is 0 Å². The van der Waals surface area contributed by atoms with Crippen molar-refractivity contribution >= 4 is 57.6 Å². The lowest BCUT2D eigenvalue weighted by molar-refractivity contribution is -0.160. The van der Waals surface area contributed by atoms with Crippen molar-refractivity contribution in [2.24, 2.45) is 5.41 Å². The van der Waals surface area contributed by atoms with E-state index < -0.39 is 21.1 Å². The van der Waals surface area contributed by atoms with E-state index in [4.69, 9.17) is 23.2 Å². The minimum absolute atomic E-state index is 0.0510. The minimum Gasteiger partial charge on any atom is -0.391 e. The van der Waals surface area contributed by atoms with Gasteiger partial charge in [0, 0.05) is 22.4 Å². The number of aliphatic hydroxyl groups excluding tert-OH is 1. The fraction of sp³-hybridized carbons (Fsp3) is 0.500. The number of likely N-dealkylation sites (tertiary alicyclic amines) is 1. The molecule has 8 heteroatoms. The Labute approximate surface area is 238 Å². The lowest BCUT2D eigenvalue weighted by Gasteiger charge is -2.52. The Morgan fingerprint density at radius 3 is 2.36 bits per heavy atom. The van der Waals surface area contributed by atoms with Crippen LogP contribution in [-0.4, -0.2) is 37.5 Å². The van der Waals surface area contributed by atoms with Crippen LogP contribution in [0.15, 0.2) is 48.5 Å². The molecule has 0 saturated carbocycles. The molecule has 2 amide bonds. The molecule has 36 heavy (non-hydrogen) atoms. The van der Waals surface area contributed by atoms with Crippen LogP contribution in [-0.2, 0) is 9.59 Å². The summed E-state index contributed by atoms with van der Waals surface area (Å²) in [7, 11) is 0. The van der Waals surface area contributed by atoms with Crippen LogP contribution in [0.1, 0.15) is 77.0 Å². The number of hydrogen-bond acceptors (Lipinski definition) is 3. The number of piperidine rings is 1. The first-order chi connectivity index (χ1) is 16.8. The van der Waals surface area contributed by atoms with E-state index in [0.29, 0.717) is 22.9 Å². The molecule has 0 aromatic heterocycles. The van der Waals surface area contributed by atoms with E-state index in [1.54, 1.807) is 6.92 Å². The van der Waals surface area contributed by atoms with E-state index in [1.165, 1.54) is 0 Å². The van der Waals surface area contributed by atoms with Gasteiger partial charge in [-0.25, -0.2) is 0 Å². The quantitative estimate of drug-likeness (QED) is 0.187. The third kappa shape index (κ3) is 6.74. The minimum atomic E-state index is -0.968. The van der Waals surface area contributed by atoms with E-state index in [1.807, 2.05) is 81.1 Å². The van der Waals surface area contributed by atoms with Crippen LogP contribution in [0.5, 0.6) is 0 Å². The maximum atomic E-state index is 14.3. The monoisotopic (exact) mass is 644 g/mol. The average molecular weight is 645 g/mol. The van der Waals surface area contributed by atoms with Gasteiger partial charge in [0.25, 0.3) is 0 Å². The normalized spacial score (nSPS) is 24.4. The largest absolute Gasteiger partial charge is 0.391 e. The predicted molar refractivity (Wildman–Crippen MR) is 155 cm³/mol. The summed E-state index contributed by atoms with van der Waals surface area (Å²) >= 11 is 14.8. The SMILES string of the molecule is CC[C@@H]([C@H](C)O)N1C(=O)[C@@](C)(CC(=O)NC(C)(C)I)C[C@H](c2cccc(Cl)c2)[C@H]1c1ccc(Cl)cc1. The first-order valence-corrected chi connectivity index (χ1v) is 14.1. The summed E-state index contributed by atoms with van der Waals surface area (Å²) in [5.41, 5.74) is 0.947. The molecule has 5 nitrogen and oxygen atoms in total. The molecule has 1 aliphatic heterocycles. The number of halogens is 3. The Morgan fingerprint density at radius 1 is 1.19 bits per heavy atom. The molecule has 5 atom stereocenters. The van der Waals surface area contributed by atoms with Gasteiger partial charge < -0.3 is 15.3 Å². The molecule has 0 aliphatic carbocycles. The number of aliphatic hydroxyl groups is 1. The fourth-order valence-corrected chi connectivity index (χ4v) is 6.04. The summed E-state index contributed by atoms with van der Waals surface area (Å²) in [5.74, 6) is -0.458. The Kier molecular flexibility index (Phi) is 9.40. The number of nitrogens with zero attached hydrogens (tertiary/aromatic N) is 1. The highest BCUT2D eigenvalue weighted by molar-refractivity contribution is 14.1. The maximum absolute atomic E-state index is 14.3. The van der Waals surface area contributed by atoms with Gasteiger partial charge in [0.1, 0.15) is 0 Å². The Morgan fingerprint density at radius 2 is 1.83 bits per heavy atom. The first-order valence-electron chi connectivity index (χ1n) is 12.3. The number of amides is 2. The highest BCUT2D eigenvalue weighted by Crippen LogP contribution is 2.52. The van der Waals surface area contributed by atoms with Crippen LogP contribution in [0, 0.1) is 5.41 Å². The van der Waals surface area contributed by atoms with Gasteiger partial charge >= 0.3 is 0 Å². The highest BCUT2D eigenvalue weighted by Gasteiger charge is 2.52. The second-order valence-corrected chi connectivity index (χ2v) is 14.1. The van der Waals surface area contributed by atoms with Crippen molar-refractivity contribution in [1.29, 1.82) is 0 Å². The molecule has 1 saturated heterocycles. The first kappa shape index (κ1) is 29.2. The highest BCUT2D eigenvalue weighted by atomic mass is 127. The van der Waals surface area contributed by atoms with E-state index in [9.17, 15) is 14.7 Å². The van der Waals surface area contributed by atoms with Crippen LogP contribution in [0.2, 0.25) is 10.0 Å². The van der Waals surface area contributed by atoms with Crippen molar-refractivity contribution in [2.75, 3.05) is 0 Å². The zero-order valence-electron chi connectivity index (χ0n) is 21.4. The molecule has 3 rings (SSSR count). The second kappa shape index (κ2) is 11.6. The van der Waals surface area contributed by atoms with Gasteiger partial charge in [-0.05, 0) is 69.0 Å². The zero-order chi connectivity index (χ0) is 26.8. The summed E-state index contributed by atoms with van der Waals surface area (Å²) in [6.07, 6.45) is 0.327.